The summed E-state index contributed by atoms with van der Waals surface area (Å²) in [4.78, 5) is 19.9. The molecule has 11 heteroatoms. The van der Waals surface area contributed by atoms with E-state index in [2.05, 4.69) is 27.5 Å². The Balaban J connectivity index is 2.18. The van der Waals surface area contributed by atoms with Gasteiger partial charge in [0.25, 0.3) is 0 Å². The summed E-state index contributed by atoms with van der Waals surface area (Å²) in [6.45, 7) is 5.48. The molecular formula is C17H16F3N6O2. The lowest BCUT2D eigenvalue weighted by Crippen LogP contribution is -2.33. The lowest BCUT2D eigenvalue weighted by molar-refractivity contribution is -0.137. The number of hydrogen-bond acceptors (Lipinski definition) is 7. The topological polar surface area (TPSA) is 126 Å². The van der Waals surface area contributed by atoms with Gasteiger partial charge < -0.3 is 21.1 Å². The SMILES string of the molecule is [CH2][C@H](Nc1nc(N)nc(OCC)c1C#N)C(=O)Nc1cccc(C(F)(F)F)c1. The molecule has 0 saturated carbocycles. The van der Waals surface area contributed by atoms with Crippen LogP contribution in [0.1, 0.15) is 18.1 Å². The first-order chi connectivity index (χ1) is 13.2. The van der Waals surface area contributed by atoms with Crippen LogP contribution in [-0.2, 0) is 11.0 Å². The highest BCUT2D eigenvalue weighted by molar-refractivity contribution is 5.97. The van der Waals surface area contributed by atoms with E-state index in [-0.39, 0.29) is 35.5 Å². The minimum atomic E-state index is -4.54. The average Bonchev–Trinajstić information content (AvgIpc) is 2.61. The summed E-state index contributed by atoms with van der Waals surface area (Å²) in [5, 5.41) is 14.2. The molecule has 1 aromatic carbocycles. The van der Waals surface area contributed by atoms with E-state index in [4.69, 9.17) is 10.5 Å². The largest absolute Gasteiger partial charge is 0.477 e. The van der Waals surface area contributed by atoms with Crippen molar-refractivity contribution in [1.82, 2.24) is 9.97 Å². The molecule has 1 aromatic heterocycles. The number of ether oxygens (including phenoxy) is 1. The Morgan fingerprint density at radius 1 is 1.43 bits per heavy atom. The van der Waals surface area contributed by atoms with Crippen molar-refractivity contribution < 1.29 is 22.7 Å². The van der Waals surface area contributed by atoms with E-state index in [0.717, 1.165) is 18.2 Å². The predicted octanol–water partition coefficient (Wildman–Crippen LogP) is 2.60. The monoisotopic (exact) mass is 393 g/mol. The Morgan fingerprint density at radius 2 is 2.14 bits per heavy atom. The van der Waals surface area contributed by atoms with Gasteiger partial charge in [0, 0.05) is 5.69 Å². The molecule has 0 saturated heterocycles. The summed E-state index contributed by atoms with van der Waals surface area (Å²) in [5.74, 6) is -1.10. The van der Waals surface area contributed by atoms with E-state index in [1.54, 1.807) is 6.92 Å². The molecule has 8 nitrogen and oxygen atoms in total. The van der Waals surface area contributed by atoms with E-state index in [1.165, 1.54) is 6.07 Å². The number of carbonyl (C=O) groups is 1. The predicted molar refractivity (Wildman–Crippen MR) is 95.2 cm³/mol. The highest BCUT2D eigenvalue weighted by Crippen LogP contribution is 2.30. The van der Waals surface area contributed by atoms with E-state index < -0.39 is 23.7 Å². The molecule has 2 aromatic rings. The summed E-state index contributed by atoms with van der Waals surface area (Å²) < 4.78 is 43.5. The average molecular weight is 393 g/mol. The number of halogens is 3. The maximum Gasteiger partial charge on any atom is 0.416 e. The van der Waals surface area contributed by atoms with Crippen molar-refractivity contribution in [2.45, 2.75) is 19.1 Å². The Hall–Kier alpha value is -3.55. The van der Waals surface area contributed by atoms with Crippen molar-refractivity contribution in [2.75, 3.05) is 23.0 Å². The summed E-state index contributed by atoms with van der Waals surface area (Å²) >= 11 is 0. The summed E-state index contributed by atoms with van der Waals surface area (Å²) in [6, 6.07) is 4.78. The van der Waals surface area contributed by atoms with Gasteiger partial charge in [-0.1, -0.05) is 6.07 Å². The molecule has 28 heavy (non-hydrogen) atoms. The van der Waals surface area contributed by atoms with Crippen molar-refractivity contribution >= 4 is 23.4 Å². The first-order valence-corrected chi connectivity index (χ1v) is 7.93. The lowest BCUT2D eigenvalue weighted by Gasteiger charge is -2.17. The molecule has 4 N–H and O–H groups in total. The fourth-order valence-electron chi connectivity index (χ4n) is 2.14. The fourth-order valence-corrected chi connectivity index (χ4v) is 2.14. The van der Waals surface area contributed by atoms with Crippen LogP contribution in [-0.4, -0.2) is 28.5 Å². The van der Waals surface area contributed by atoms with Gasteiger partial charge in [0.05, 0.1) is 12.2 Å². The standard InChI is InChI=1S/C17H16F3N6O2/c1-3-28-15-12(8-21)13(25-16(22)26-15)23-9(2)14(27)24-11-6-4-5-10(7-11)17(18,19)20/h4-7,9H,2-3H2,1H3,(H,24,27)(H3,22,23,25,26)/t9-/m0/s1. The van der Waals surface area contributed by atoms with Crippen LogP contribution in [0, 0.1) is 18.3 Å². The van der Waals surface area contributed by atoms with Crippen LogP contribution < -0.4 is 21.1 Å². The second-order valence-electron chi connectivity index (χ2n) is 5.42. The molecule has 1 amide bonds. The van der Waals surface area contributed by atoms with Gasteiger partial charge in [-0.05, 0) is 32.0 Å². The number of nitrogen functional groups attached to an aromatic ring is 1. The number of nitrogens with two attached hydrogens (primary N) is 1. The Labute approximate surface area is 158 Å². The van der Waals surface area contributed by atoms with Gasteiger partial charge in [0.15, 0.2) is 11.4 Å². The van der Waals surface area contributed by atoms with Crippen molar-refractivity contribution in [3.8, 4) is 11.9 Å². The van der Waals surface area contributed by atoms with E-state index in [1.807, 2.05) is 6.07 Å². The Bertz CT molecular complexity index is 911. The van der Waals surface area contributed by atoms with Crippen LogP contribution in [0.3, 0.4) is 0 Å². The van der Waals surface area contributed by atoms with Crippen molar-refractivity contribution in [3.05, 3.63) is 42.3 Å². The number of carbonyl (C=O) groups excluding carboxylic acids is 1. The number of anilines is 3. The van der Waals surface area contributed by atoms with Gasteiger partial charge in [0.1, 0.15) is 12.1 Å². The zero-order valence-corrected chi connectivity index (χ0v) is 14.7. The molecule has 0 spiro atoms. The third kappa shape index (κ3) is 5.00. The molecule has 1 radical (unpaired) electrons. The molecule has 147 valence electrons. The summed E-state index contributed by atoms with van der Waals surface area (Å²) in [6.07, 6.45) is -4.54. The molecule has 1 heterocycles. The van der Waals surface area contributed by atoms with E-state index >= 15 is 0 Å². The molecule has 0 aliphatic rings. The third-order valence-corrected chi connectivity index (χ3v) is 3.37. The van der Waals surface area contributed by atoms with Crippen LogP contribution in [0.2, 0.25) is 0 Å². The van der Waals surface area contributed by atoms with Gasteiger partial charge >= 0.3 is 6.18 Å². The van der Waals surface area contributed by atoms with E-state index in [0.29, 0.717) is 0 Å². The minimum absolute atomic E-state index is 0.0620. The molecule has 0 aliphatic carbocycles. The molecule has 0 unspecified atom stereocenters. The summed E-state index contributed by atoms with van der Waals surface area (Å²) in [5.41, 5.74) is 4.51. The van der Waals surface area contributed by atoms with Crippen LogP contribution in [0.4, 0.5) is 30.6 Å². The zero-order chi connectivity index (χ0) is 20.9. The molecular weight excluding hydrogens is 377 g/mol. The van der Waals surface area contributed by atoms with Gasteiger partial charge in [-0.15, -0.1) is 0 Å². The number of nitriles is 1. The number of alkyl halides is 3. The van der Waals surface area contributed by atoms with Crippen LogP contribution >= 0.6 is 0 Å². The maximum atomic E-state index is 12.8. The molecule has 2 rings (SSSR count). The maximum absolute atomic E-state index is 12.8. The van der Waals surface area contributed by atoms with Crippen molar-refractivity contribution in [1.29, 1.82) is 5.26 Å². The van der Waals surface area contributed by atoms with Gasteiger partial charge in [-0.25, -0.2) is 0 Å². The van der Waals surface area contributed by atoms with Gasteiger partial charge in [-0.2, -0.15) is 28.4 Å². The van der Waals surface area contributed by atoms with Crippen LogP contribution in [0.5, 0.6) is 5.88 Å². The number of amides is 1. The quantitative estimate of drug-likeness (QED) is 0.689. The minimum Gasteiger partial charge on any atom is -0.477 e. The van der Waals surface area contributed by atoms with E-state index in [9.17, 15) is 23.2 Å². The molecule has 0 bridgehead atoms. The second kappa shape index (κ2) is 8.43. The number of rotatable bonds is 6. The Kier molecular flexibility index (Phi) is 6.25. The highest BCUT2D eigenvalue weighted by Gasteiger charge is 2.30. The number of hydrogen-bond donors (Lipinski definition) is 3. The zero-order valence-electron chi connectivity index (χ0n) is 14.7. The normalized spacial score (nSPS) is 12.0. The number of nitrogens with zero attached hydrogens (tertiary/aromatic N) is 3. The first-order valence-electron chi connectivity index (χ1n) is 7.93. The van der Waals surface area contributed by atoms with Gasteiger partial charge in [0.2, 0.25) is 17.7 Å². The van der Waals surface area contributed by atoms with Crippen LogP contribution in [0.25, 0.3) is 0 Å². The Morgan fingerprint density at radius 3 is 2.75 bits per heavy atom. The first kappa shape index (κ1) is 20.8. The van der Waals surface area contributed by atoms with Gasteiger partial charge in [-0.3, -0.25) is 4.79 Å². The smallest absolute Gasteiger partial charge is 0.416 e. The highest BCUT2D eigenvalue weighted by atomic mass is 19.4. The molecule has 1 atom stereocenters. The third-order valence-electron chi connectivity index (χ3n) is 3.37. The summed E-state index contributed by atoms with van der Waals surface area (Å²) in [7, 11) is 0. The fraction of sp³-hybridized carbons (Fsp3) is 0.235. The molecule has 0 fully saturated rings. The number of aromatic nitrogens is 2. The van der Waals surface area contributed by atoms with Crippen molar-refractivity contribution in [3.63, 3.8) is 0 Å². The second-order valence-corrected chi connectivity index (χ2v) is 5.42. The van der Waals surface area contributed by atoms with Crippen molar-refractivity contribution in [2.24, 2.45) is 0 Å². The molecule has 0 aliphatic heterocycles. The number of nitrogens with one attached hydrogen (secondary N) is 2. The lowest BCUT2D eigenvalue weighted by atomic mass is 10.2. The number of benzene rings is 1. The van der Waals surface area contributed by atoms with Crippen LogP contribution in [0.15, 0.2) is 24.3 Å².